The summed E-state index contributed by atoms with van der Waals surface area (Å²) in [5.74, 6) is 0. The second-order valence-electron chi connectivity index (χ2n) is 4.18. The largest absolute Gasteiger partial charge is 0.316 e. The van der Waals surface area contributed by atoms with E-state index in [1.54, 1.807) is 6.92 Å². The van der Waals surface area contributed by atoms with E-state index in [0.717, 1.165) is 10.1 Å². The van der Waals surface area contributed by atoms with Crippen molar-refractivity contribution in [2.75, 3.05) is 0 Å². The van der Waals surface area contributed by atoms with Crippen molar-refractivity contribution in [3.05, 3.63) is 50.7 Å². The van der Waals surface area contributed by atoms with E-state index in [1.807, 2.05) is 29.6 Å². The van der Waals surface area contributed by atoms with Gasteiger partial charge in [0.2, 0.25) is 5.28 Å². The first-order valence-corrected chi connectivity index (χ1v) is 6.99. The molecule has 3 aromatic rings. The van der Waals surface area contributed by atoms with E-state index in [2.05, 4.69) is 9.97 Å². The van der Waals surface area contributed by atoms with Gasteiger partial charge in [0.25, 0.3) is 0 Å². The van der Waals surface area contributed by atoms with Crippen molar-refractivity contribution >= 4 is 38.7 Å². The van der Waals surface area contributed by atoms with E-state index in [0.29, 0.717) is 5.56 Å². The van der Waals surface area contributed by atoms with Crippen LogP contribution in [-0.2, 0) is 0 Å². The van der Waals surface area contributed by atoms with Gasteiger partial charge in [-0.15, -0.1) is 11.3 Å². The Morgan fingerprint density at radius 1 is 1.30 bits per heavy atom. The van der Waals surface area contributed by atoms with Gasteiger partial charge in [-0.25, -0.2) is 9.97 Å². The first kappa shape index (κ1) is 13.0. The molecule has 2 heterocycles. The number of halogens is 1. The minimum atomic E-state index is -0.465. The number of rotatable bonds is 2. The van der Waals surface area contributed by atoms with Crippen molar-refractivity contribution in [1.82, 2.24) is 9.97 Å². The highest BCUT2D eigenvalue weighted by molar-refractivity contribution is 7.17. The summed E-state index contributed by atoms with van der Waals surface area (Å²) in [5.41, 5.74) is 1.13. The second-order valence-corrected chi connectivity index (χ2v) is 5.43. The molecular formula is C13H8ClN3O2S. The van der Waals surface area contributed by atoms with Gasteiger partial charge in [0, 0.05) is 10.3 Å². The number of benzene rings is 1. The van der Waals surface area contributed by atoms with E-state index in [-0.39, 0.29) is 22.4 Å². The predicted molar refractivity (Wildman–Crippen MR) is 79.3 cm³/mol. The minimum Gasteiger partial charge on any atom is -0.258 e. The van der Waals surface area contributed by atoms with Crippen molar-refractivity contribution in [3.63, 3.8) is 0 Å². The molecule has 0 saturated carbocycles. The number of hydrogen-bond donors (Lipinski definition) is 0. The Morgan fingerprint density at radius 2 is 2.10 bits per heavy atom. The van der Waals surface area contributed by atoms with Crippen LogP contribution in [0.25, 0.3) is 21.3 Å². The molecule has 2 aromatic heterocycles. The number of fused-ring (bicyclic) bond motifs is 1. The fraction of sp³-hybridized carbons (Fsp3) is 0.0769. The third kappa shape index (κ3) is 2.03. The van der Waals surface area contributed by atoms with Gasteiger partial charge in [0.05, 0.1) is 4.92 Å². The smallest absolute Gasteiger partial charge is 0.258 e. The van der Waals surface area contributed by atoms with Crippen molar-refractivity contribution in [1.29, 1.82) is 0 Å². The molecule has 1 aromatic carbocycles. The molecule has 0 saturated heterocycles. The highest BCUT2D eigenvalue weighted by atomic mass is 35.5. The summed E-state index contributed by atoms with van der Waals surface area (Å²) in [6.07, 6.45) is 0. The summed E-state index contributed by atoms with van der Waals surface area (Å²) >= 11 is 7.38. The first-order valence-electron chi connectivity index (χ1n) is 5.73. The molecule has 0 radical (unpaired) electrons. The normalized spacial score (nSPS) is 10.9. The van der Waals surface area contributed by atoms with Gasteiger partial charge in [0.1, 0.15) is 5.69 Å². The summed E-state index contributed by atoms with van der Waals surface area (Å²) in [7, 11) is 0. The third-order valence-electron chi connectivity index (χ3n) is 2.95. The van der Waals surface area contributed by atoms with Crippen LogP contribution in [0.2, 0.25) is 5.28 Å². The molecule has 0 fully saturated rings. The number of nitro groups is 1. The van der Waals surface area contributed by atoms with Gasteiger partial charge in [-0.3, -0.25) is 10.1 Å². The Labute approximate surface area is 123 Å². The Hall–Kier alpha value is -2.05. The maximum absolute atomic E-state index is 11.3. The second kappa shape index (κ2) is 4.81. The van der Waals surface area contributed by atoms with Gasteiger partial charge in [0.15, 0.2) is 5.69 Å². The van der Waals surface area contributed by atoms with Gasteiger partial charge in [-0.1, -0.05) is 18.2 Å². The topological polar surface area (TPSA) is 68.9 Å². The van der Waals surface area contributed by atoms with E-state index in [4.69, 9.17) is 11.6 Å². The van der Waals surface area contributed by atoms with Gasteiger partial charge in [-0.05, 0) is 35.4 Å². The standard InChI is InChI=1S/C13H8ClN3O2S/c1-7-11(17(18)19)10(16-13(14)15-7)9-4-2-3-8-5-6-20-12(8)9/h2-6H,1H3. The SMILES string of the molecule is Cc1nc(Cl)nc(-c2cccc3ccsc23)c1[N+](=O)[O-]. The van der Waals surface area contributed by atoms with Crippen LogP contribution in [0.4, 0.5) is 5.69 Å². The predicted octanol–water partition coefficient (Wildman–Crippen LogP) is 4.23. The Morgan fingerprint density at radius 3 is 2.85 bits per heavy atom. The number of aromatic nitrogens is 2. The fourth-order valence-corrected chi connectivity index (χ4v) is 3.24. The molecule has 0 aliphatic rings. The Balaban J connectivity index is 2.39. The number of thiophene rings is 1. The van der Waals surface area contributed by atoms with Crippen LogP contribution in [-0.4, -0.2) is 14.9 Å². The van der Waals surface area contributed by atoms with Crippen LogP contribution < -0.4 is 0 Å². The molecule has 0 atom stereocenters. The summed E-state index contributed by atoms with van der Waals surface area (Å²) in [6, 6.07) is 7.57. The monoisotopic (exact) mass is 305 g/mol. The summed E-state index contributed by atoms with van der Waals surface area (Å²) in [4.78, 5) is 18.8. The molecule has 0 unspecified atom stereocenters. The van der Waals surface area contributed by atoms with E-state index < -0.39 is 4.92 Å². The lowest BCUT2D eigenvalue weighted by Crippen LogP contribution is -2.01. The molecule has 0 aliphatic carbocycles. The van der Waals surface area contributed by atoms with Crippen molar-refractivity contribution < 1.29 is 4.92 Å². The Bertz CT molecular complexity index is 832. The highest BCUT2D eigenvalue weighted by Crippen LogP contribution is 2.37. The molecule has 0 amide bonds. The van der Waals surface area contributed by atoms with Gasteiger partial charge >= 0.3 is 5.69 Å². The molecule has 5 nitrogen and oxygen atoms in total. The highest BCUT2D eigenvalue weighted by Gasteiger charge is 2.24. The van der Waals surface area contributed by atoms with Crippen LogP contribution in [0.15, 0.2) is 29.6 Å². The zero-order chi connectivity index (χ0) is 14.3. The maximum atomic E-state index is 11.3. The third-order valence-corrected chi connectivity index (χ3v) is 4.08. The average molecular weight is 306 g/mol. The summed E-state index contributed by atoms with van der Waals surface area (Å²) in [6.45, 7) is 1.56. The van der Waals surface area contributed by atoms with Crippen LogP contribution in [0.1, 0.15) is 5.69 Å². The van der Waals surface area contributed by atoms with E-state index >= 15 is 0 Å². The van der Waals surface area contributed by atoms with E-state index in [9.17, 15) is 10.1 Å². The Kier molecular flexibility index (Phi) is 3.11. The van der Waals surface area contributed by atoms with Crippen molar-refractivity contribution in [2.24, 2.45) is 0 Å². The molecule has 0 spiro atoms. The molecule has 0 N–H and O–H groups in total. The molecule has 20 heavy (non-hydrogen) atoms. The van der Waals surface area contributed by atoms with E-state index in [1.165, 1.54) is 11.3 Å². The fourth-order valence-electron chi connectivity index (χ4n) is 2.12. The lowest BCUT2D eigenvalue weighted by molar-refractivity contribution is -0.385. The molecule has 3 rings (SSSR count). The van der Waals surface area contributed by atoms with Gasteiger partial charge in [-0.2, -0.15) is 0 Å². The minimum absolute atomic E-state index is 0.0108. The number of nitrogens with zero attached hydrogens (tertiary/aromatic N) is 3. The number of aryl methyl sites for hydroxylation is 1. The zero-order valence-corrected chi connectivity index (χ0v) is 11.9. The summed E-state index contributed by atoms with van der Waals surface area (Å²) < 4.78 is 0.949. The van der Waals surface area contributed by atoms with Crippen LogP contribution in [0.3, 0.4) is 0 Å². The lowest BCUT2D eigenvalue weighted by Gasteiger charge is -2.06. The molecule has 0 aliphatic heterocycles. The molecular weight excluding hydrogens is 298 g/mol. The molecule has 7 heteroatoms. The number of hydrogen-bond acceptors (Lipinski definition) is 5. The van der Waals surface area contributed by atoms with Crippen LogP contribution >= 0.6 is 22.9 Å². The molecule has 0 bridgehead atoms. The zero-order valence-electron chi connectivity index (χ0n) is 10.3. The first-order chi connectivity index (χ1) is 9.58. The van der Waals surface area contributed by atoms with Gasteiger partial charge < -0.3 is 0 Å². The quantitative estimate of drug-likeness (QED) is 0.403. The molecule has 100 valence electrons. The summed E-state index contributed by atoms with van der Waals surface area (Å²) in [5, 5.41) is 14.3. The van der Waals surface area contributed by atoms with Crippen LogP contribution in [0.5, 0.6) is 0 Å². The maximum Gasteiger partial charge on any atom is 0.316 e. The average Bonchev–Trinajstić information content (AvgIpc) is 2.84. The van der Waals surface area contributed by atoms with Crippen molar-refractivity contribution in [2.45, 2.75) is 6.92 Å². The van der Waals surface area contributed by atoms with Crippen molar-refractivity contribution in [3.8, 4) is 11.3 Å². The van der Waals surface area contributed by atoms with Crippen LogP contribution in [0, 0.1) is 17.0 Å². The lowest BCUT2D eigenvalue weighted by atomic mass is 10.1.